The summed E-state index contributed by atoms with van der Waals surface area (Å²) in [5.41, 5.74) is 0.939. The monoisotopic (exact) mass is 309 g/mol. The number of anilines is 1. The third kappa shape index (κ3) is 3.68. The molecule has 2 bridgehead atoms. The minimum absolute atomic E-state index is 0.378. The summed E-state index contributed by atoms with van der Waals surface area (Å²) in [5.74, 6) is 1.66. The molecule has 1 aromatic rings. The fourth-order valence-electron chi connectivity index (χ4n) is 3.05. The number of nitrogens with zero attached hydrogens (tertiary/aromatic N) is 2. The first-order valence-corrected chi connectivity index (χ1v) is 8.26. The average molecular weight is 310 g/mol. The topological polar surface area (TPSA) is 37.4 Å². The Morgan fingerprint density at radius 1 is 1.33 bits per heavy atom. The van der Waals surface area contributed by atoms with E-state index in [0.717, 1.165) is 42.7 Å². The molecule has 0 spiro atoms. The largest absolute Gasteiger partial charge is 0.371 e. The fourth-order valence-corrected chi connectivity index (χ4v) is 3.23. The Balaban J connectivity index is 1.68. The van der Waals surface area contributed by atoms with Gasteiger partial charge in [-0.1, -0.05) is 25.4 Å². The molecule has 2 fully saturated rings. The quantitative estimate of drug-likeness (QED) is 0.907. The summed E-state index contributed by atoms with van der Waals surface area (Å²) in [7, 11) is 0. The number of nitrogens with one attached hydrogen (secondary N) is 1. The van der Waals surface area contributed by atoms with E-state index in [-0.39, 0.29) is 0 Å². The summed E-state index contributed by atoms with van der Waals surface area (Å²) in [4.78, 5) is 7.11. The number of halogens is 1. The molecular weight excluding hydrogens is 286 g/mol. The molecule has 2 aliphatic rings. The molecule has 2 unspecified atom stereocenters. The molecule has 0 aromatic carbocycles. The van der Waals surface area contributed by atoms with Crippen molar-refractivity contribution in [2.24, 2.45) is 5.92 Å². The smallest absolute Gasteiger partial charge is 0.129 e. The maximum atomic E-state index is 6.27. The molecule has 2 saturated heterocycles. The van der Waals surface area contributed by atoms with Crippen LogP contribution in [0.3, 0.4) is 0 Å². The van der Waals surface area contributed by atoms with Crippen LogP contribution in [0.1, 0.15) is 32.4 Å². The molecule has 0 amide bonds. The van der Waals surface area contributed by atoms with Crippen molar-refractivity contribution in [2.45, 2.75) is 45.4 Å². The summed E-state index contributed by atoms with van der Waals surface area (Å²) in [6.07, 6.45) is 3.11. The molecule has 2 atom stereocenters. The van der Waals surface area contributed by atoms with Gasteiger partial charge in [0.2, 0.25) is 0 Å². The predicted octanol–water partition coefficient (Wildman–Crippen LogP) is 2.85. The maximum Gasteiger partial charge on any atom is 0.129 e. The third-order valence-corrected chi connectivity index (χ3v) is 4.46. The lowest BCUT2D eigenvalue weighted by Gasteiger charge is -2.33. The van der Waals surface area contributed by atoms with E-state index in [1.165, 1.54) is 12.8 Å². The van der Waals surface area contributed by atoms with Gasteiger partial charge in [-0.05, 0) is 37.4 Å². The molecule has 0 aliphatic carbocycles. The lowest BCUT2D eigenvalue weighted by atomic mass is 10.2. The summed E-state index contributed by atoms with van der Waals surface area (Å²) >= 11 is 6.27. The highest BCUT2D eigenvalue weighted by molar-refractivity contribution is 6.31. The molecule has 4 nitrogen and oxygen atoms in total. The van der Waals surface area contributed by atoms with E-state index in [2.05, 4.69) is 24.1 Å². The van der Waals surface area contributed by atoms with E-state index in [9.17, 15) is 0 Å². The Bertz CT molecular complexity index is 482. The van der Waals surface area contributed by atoms with Gasteiger partial charge < -0.3 is 15.0 Å². The van der Waals surface area contributed by atoms with E-state index in [0.29, 0.717) is 18.1 Å². The minimum atomic E-state index is 0.378. The average Bonchev–Trinajstić information content (AvgIpc) is 2.79. The zero-order valence-electron chi connectivity index (χ0n) is 12.8. The summed E-state index contributed by atoms with van der Waals surface area (Å²) in [6.45, 7) is 7.99. The number of ether oxygens (including phenoxy) is 1. The van der Waals surface area contributed by atoms with Crippen LogP contribution >= 0.6 is 11.6 Å². The molecule has 1 aromatic heterocycles. The van der Waals surface area contributed by atoms with Crippen LogP contribution in [0.2, 0.25) is 5.02 Å². The molecule has 3 heterocycles. The van der Waals surface area contributed by atoms with Gasteiger partial charge in [0.1, 0.15) is 5.82 Å². The molecule has 3 rings (SSSR count). The lowest BCUT2D eigenvalue weighted by molar-refractivity contribution is 0.0302. The Morgan fingerprint density at radius 3 is 2.71 bits per heavy atom. The van der Waals surface area contributed by atoms with Crippen LogP contribution in [-0.2, 0) is 11.3 Å². The van der Waals surface area contributed by atoms with Crippen molar-refractivity contribution >= 4 is 17.4 Å². The van der Waals surface area contributed by atoms with Gasteiger partial charge in [-0.25, -0.2) is 4.98 Å². The highest BCUT2D eigenvalue weighted by Gasteiger charge is 2.34. The second kappa shape index (κ2) is 6.51. The van der Waals surface area contributed by atoms with E-state index in [1.807, 2.05) is 12.1 Å². The number of rotatable bonds is 5. The fraction of sp³-hybridized carbons (Fsp3) is 0.688. The van der Waals surface area contributed by atoms with Crippen LogP contribution in [0.4, 0.5) is 5.82 Å². The summed E-state index contributed by atoms with van der Waals surface area (Å²) < 4.78 is 5.89. The van der Waals surface area contributed by atoms with E-state index >= 15 is 0 Å². The van der Waals surface area contributed by atoms with Crippen LogP contribution in [0.5, 0.6) is 0 Å². The van der Waals surface area contributed by atoms with Gasteiger partial charge in [-0.3, -0.25) is 0 Å². The number of hydrogen-bond donors (Lipinski definition) is 1. The normalized spacial score (nSPS) is 24.9. The van der Waals surface area contributed by atoms with Gasteiger partial charge in [0.05, 0.1) is 22.9 Å². The zero-order valence-corrected chi connectivity index (χ0v) is 13.6. The van der Waals surface area contributed by atoms with Crippen molar-refractivity contribution < 1.29 is 4.74 Å². The van der Waals surface area contributed by atoms with Crippen molar-refractivity contribution in [2.75, 3.05) is 24.5 Å². The molecule has 116 valence electrons. The van der Waals surface area contributed by atoms with Crippen LogP contribution < -0.4 is 10.2 Å². The van der Waals surface area contributed by atoms with Crippen LogP contribution in [-0.4, -0.2) is 36.8 Å². The van der Waals surface area contributed by atoms with Crippen molar-refractivity contribution in [1.29, 1.82) is 0 Å². The Hall–Kier alpha value is -0.840. The van der Waals surface area contributed by atoms with Crippen molar-refractivity contribution in [1.82, 2.24) is 10.3 Å². The van der Waals surface area contributed by atoms with Gasteiger partial charge in [0, 0.05) is 19.6 Å². The van der Waals surface area contributed by atoms with Gasteiger partial charge >= 0.3 is 0 Å². The number of morpholine rings is 1. The maximum absolute atomic E-state index is 6.27. The van der Waals surface area contributed by atoms with Crippen LogP contribution in [0.15, 0.2) is 12.1 Å². The number of fused-ring (bicyclic) bond motifs is 2. The number of pyridine rings is 1. The van der Waals surface area contributed by atoms with E-state index in [4.69, 9.17) is 21.3 Å². The van der Waals surface area contributed by atoms with E-state index < -0.39 is 0 Å². The Kier molecular flexibility index (Phi) is 4.67. The standard InChI is InChI=1S/C16H24ClN3O/c1-11(2)7-18-8-15-14(17)5-6-16(19-15)20-9-12-3-4-13(10-20)21-12/h5-6,11-13,18H,3-4,7-10H2,1-2H3. The summed E-state index contributed by atoms with van der Waals surface area (Å²) in [5, 5.41) is 4.15. The SMILES string of the molecule is CC(C)CNCc1nc(N2CC3CCC(C2)O3)ccc1Cl. The predicted molar refractivity (Wildman–Crippen MR) is 85.9 cm³/mol. The van der Waals surface area contributed by atoms with Crippen LogP contribution in [0.25, 0.3) is 0 Å². The van der Waals surface area contributed by atoms with Crippen LogP contribution in [0, 0.1) is 5.92 Å². The molecule has 2 aliphatic heterocycles. The molecule has 5 heteroatoms. The van der Waals surface area contributed by atoms with Crippen molar-refractivity contribution in [3.63, 3.8) is 0 Å². The summed E-state index contributed by atoms with van der Waals surface area (Å²) in [6, 6.07) is 3.99. The Labute approximate surface area is 131 Å². The number of hydrogen-bond acceptors (Lipinski definition) is 4. The van der Waals surface area contributed by atoms with E-state index in [1.54, 1.807) is 0 Å². The lowest BCUT2D eigenvalue weighted by Crippen LogP contribution is -2.43. The molecule has 0 saturated carbocycles. The first kappa shape index (κ1) is 15.1. The first-order chi connectivity index (χ1) is 10.1. The highest BCUT2D eigenvalue weighted by Crippen LogP contribution is 2.29. The second-order valence-electron chi connectivity index (χ2n) is 6.49. The van der Waals surface area contributed by atoms with Gasteiger partial charge in [-0.15, -0.1) is 0 Å². The second-order valence-corrected chi connectivity index (χ2v) is 6.89. The van der Waals surface area contributed by atoms with Crippen molar-refractivity contribution in [3.05, 3.63) is 22.8 Å². The Morgan fingerprint density at radius 2 is 2.05 bits per heavy atom. The molecule has 0 radical (unpaired) electrons. The molecule has 1 N–H and O–H groups in total. The van der Waals surface area contributed by atoms with Gasteiger partial charge in [0.25, 0.3) is 0 Å². The number of aromatic nitrogens is 1. The zero-order chi connectivity index (χ0) is 14.8. The van der Waals surface area contributed by atoms with Gasteiger partial charge in [-0.2, -0.15) is 0 Å². The molecular formula is C16H24ClN3O. The van der Waals surface area contributed by atoms with Crippen molar-refractivity contribution in [3.8, 4) is 0 Å². The third-order valence-electron chi connectivity index (χ3n) is 4.12. The molecule has 21 heavy (non-hydrogen) atoms. The highest BCUT2D eigenvalue weighted by atomic mass is 35.5. The van der Waals surface area contributed by atoms with Gasteiger partial charge in [0.15, 0.2) is 0 Å². The first-order valence-electron chi connectivity index (χ1n) is 7.88. The minimum Gasteiger partial charge on any atom is -0.371 e.